The summed E-state index contributed by atoms with van der Waals surface area (Å²) in [7, 11) is 0. The summed E-state index contributed by atoms with van der Waals surface area (Å²) in [6.07, 6.45) is 1.96. The number of aryl methyl sites for hydroxylation is 1. The molecule has 0 aliphatic heterocycles. The second-order valence-electron chi connectivity index (χ2n) is 4.11. The van der Waals surface area contributed by atoms with Gasteiger partial charge in [-0.1, -0.05) is 36.4 Å². The fraction of sp³-hybridized carbons (Fsp3) is 0.0714. The van der Waals surface area contributed by atoms with Gasteiger partial charge < -0.3 is 5.73 Å². The van der Waals surface area contributed by atoms with Gasteiger partial charge in [-0.3, -0.25) is 4.57 Å². The molecule has 3 aromatic rings. The van der Waals surface area contributed by atoms with Crippen molar-refractivity contribution in [3.8, 4) is 5.69 Å². The van der Waals surface area contributed by atoms with Gasteiger partial charge in [-0.25, -0.2) is 4.98 Å². The van der Waals surface area contributed by atoms with Gasteiger partial charge in [0.15, 0.2) is 0 Å². The standard InChI is InChI=1S/C14H13N3/c1-10-9-17(14(15)16-10)13-8-4-6-11-5-2-3-7-12(11)13/h2-9H,1H3,(H2,15,16). The van der Waals surface area contributed by atoms with Crippen molar-refractivity contribution in [1.29, 1.82) is 0 Å². The average Bonchev–Trinajstić information content (AvgIpc) is 2.68. The predicted octanol–water partition coefficient (Wildman–Crippen LogP) is 2.92. The van der Waals surface area contributed by atoms with E-state index in [9.17, 15) is 0 Å². The lowest BCUT2D eigenvalue weighted by Gasteiger charge is -2.08. The fourth-order valence-corrected chi connectivity index (χ4v) is 2.13. The van der Waals surface area contributed by atoms with E-state index < -0.39 is 0 Å². The Balaban J connectivity index is 2.34. The van der Waals surface area contributed by atoms with E-state index in [1.54, 1.807) is 0 Å². The van der Waals surface area contributed by atoms with E-state index in [-0.39, 0.29) is 0 Å². The number of aromatic nitrogens is 2. The summed E-state index contributed by atoms with van der Waals surface area (Å²) in [6, 6.07) is 14.4. The summed E-state index contributed by atoms with van der Waals surface area (Å²) in [5.74, 6) is 0.527. The Bertz CT molecular complexity index is 678. The molecule has 0 atom stereocenters. The lowest BCUT2D eigenvalue weighted by Crippen LogP contribution is -2.00. The maximum Gasteiger partial charge on any atom is 0.205 e. The highest BCUT2D eigenvalue weighted by atomic mass is 15.1. The summed E-state index contributed by atoms with van der Waals surface area (Å²) in [5, 5.41) is 2.38. The number of nitrogens with two attached hydrogens (primary N) is 1. The number of benzene rings is 2. The van der Waals surface area contributed by atoms with Crippen LogP contribution in [-0.2, 0) is 0 Å². The molecule has 0 fully saturated rings. The van der Waals surface area contributed by atoms with E-state index in [4.69, 9.17) is 5.73 Å². The van der Waals surface area contributed by atoms with Crippen LogP contribution in [-0.4, -0.2) is 9.55 Å². The lowest BCUT2D eigenvalue weighted by atomic mass is 10.1. The van der Waals surface area contributed by atoms with Crippen molar-refractivity contribution in [3.05, 3.63) is 54.4 Å². The van der Waals surface area contributed by atoms with Gasteiger partial charge in [0.25, 0.3) is 0 Å². The molecular weight excluding hydrogens is 210 g/mol. The van der Waals surface area contributed by atoms with Gasteiger partial charge in [-0.2, -0.15) is 0 Å². The van der Waals surface area contributed by atoms with Crippen LogP contribution < -0.4 is 5.73 Å². The summed E-state index contributed by atoms with van der Waals surface area (Å²) < 4.78 is 1.93. The largest absolute Gasteiger partial charge is 0.369 e. The molecule has 84 valence electrons. The van der Waals surface area contributed by atoms with Crippen molar-refractivity contribution < 1.29 is 0 Å². The highest BCUT2D eigenvalue weighted by Crippen LogP contribution is 2.24. The average molecular weight is 223 g/mol. The first kappa shape index (κ1) is 9.90. The van der Waals surface area contributed by atoms with E-state index in [0.29, 0.717) is 5.95 Å². The number of nitrogen functional groups attached to an aromatic ring is 1. The summed E-state index contributed by atoms with van der Waals surface area (Å²) in [6.45, 7) is 1.94. The molecule has 0 unspecified atom stereocenters. The summed E-state index contributed by atoms with van der Waals surface area (Å²) in [5.41, 5.74) is 7.91. The van der Waals surface area contributed by atoms with Crippen molar-refractivity contribution >= 4 is 16.7 Å². The molecule has 2 N–H and O–H groups in total. The fourth-order valence-electron chi connectivity index (χ4n) is 2.13. The topological polar surface area (TPSA) is 43.8 Å². The van der Waals surface area contributed by atoms with Crippen molar-refractivity contribution in [2.45, 2.75) is 6.92 Å². The van der Waals surface area contributed by atoms with Crippen LogP contribution in [0, 0.1) is 6.92 Å². The Morgan fingerprint density at radius 2 is 1.82 bits per heavy atom. The Kier molecular flexibility index (Phi) is 2.11. The Labute approximate surface area is 99.5 Å². The second-order valence-corrected chi connectivity index (χ2v) is 4.11. The van der Waals surface area contributed by atoms with E-state index in [1.165, 1.54) is 10.8 Å². The van der Waals surface area contributed by atoms with Gasteiger partial charge >= 0.3 is 0 Å². The van der Waals surface area contributed by atoms with E-state index in [2.05, 4.69) is 29.2 Å². The number of hydrogen-bond donors (Lipinski definition) is 1. The number of hydrogen-bond acceptors (Lipinski definition) is 2. The van der Waals surface area contributed by atoms with Crippen LogP contribution in [0.25, 0.3) is 16.5 Å². The molecule has 3 rings (SSSR count). The van der Waals surface area contributed by atoms with Crippen LogP contribution >= 0.6 is 0 Å². The molecule has 17 heavy (non-hydrogen) atoms. The van der Waals surface area contributed by atoms with Crippen molar-refractivity contribution in [3.63, 3.8) is 0 Å². The van der Waals surface area contributed by atoms with Gasteiger partial charge in [0.2, 0.25) is 5.95 Å². The van der Waals surface area contributed by atoms with Crippen LogP contribution in [0.1, 0.15) is 5.69 Å². The van der Waals surface area contributed by atoms with Gasteiger partial charge in [0, 0.05) is 11.6 Å². The third-order valence-corrected chi connectivity index (χ3v) is 2.88. The number of anilines is 1. The molecular formula is C14H13N3. The first-order valence-corrected chi connectivity index (χ1v) is 5.55. The Hall–Kier alpha value is -2.29. The number of nitrogens with zero attached hydrogens (tertiary/aromatic N) is 2. The van der Waals surface area contributed by atoms with Crippen LogP contribution in [0.3, 0.4) is 0 Å². The quantitative estimate of drug-likeness (QED) is 0.689. The minimum atomic E-state index is 0.527. The van der Waals surface area contributed by atoms with Gasteiger partial charge in [0.1, 0.15) is 0 Å². The molecule has 0 saturated heterocycles. The van der Waals surface area contributed by atoms with Gasteiger partial charge in [0.05, 0.1) is 11.4 Å². The number of rotatable bonds is 1. The van der Waals surface area contributed by atoms with Gasteiger partial charge in [-0.05, 0) is 18.4 Å². The van der Waals surface area contributed by atoms with E-state index in [1.807, 2.05) is 35.9 Å². The summed E-state index contributed by atoms with van der Waals surface area (Å²) >= 11 is 0. The van der Waals surface area contributed by atoms with Crippen molar-refractivity contribution in [2.75, 3.05) is 5.73 Å². The maximum atomic E-state index is 5.92. The molecule has 0 saturated carbocycles. The molecule has 1 aromatic heterocycles. The van der Waals surface area contributed by atoms with Crippen LogP contribution in [0.15, 0.2) is 48.7 Å². The minimum absolute atomic E-state index is 0.527. The van der Waals surface area contributed by atoms with E-state index >= 15 is 0 Å². The third kappa shape index (κ3) is 1.56. The molecule has 0 radical (unpaired) electrons. The van der Waals surface area contributed by atoms with Crippen LogP contribution in [0.2, 0.25) is 0 Å². The molecule has 3 heteroatoms. The molecule has 2 aromatic carbocycles. The van der Waals surface area contributed by atoms with Crippen LogP contribution in [0.4, 0.5) is 5.95 Å². The van der Waals surface area contributed by atoms with Crippen molar-refractivity contribution in [2.24, 2.45) is 0 Å². The minimum Gasteiger partial charge on any atom is -0.369 e. The SMILES string of the molecule is Cc1cn(-c2cccc3ccccc23)c(N)n1. The molecule has 0 amide bonds. The smallest absolute Gasteiger partial charge is 0.205 e. The van der Waals surface area contributed by atoms with E-state index in [0.717, 1.165) is 11.4 Å². The molecule has 3 nitrogen and oxygen atoms in total. The number of imidazole rings is 1. The Morgan fingerprint density at radius 3 is 2.59 bits per heavy atom. The molecule has 0 aliphatic rings. The number of fused-ring (bicyclic) bond motifs is 1. The molecule has 1 heterocycles. The predicted molar refractivity (Wildman–Crippen MR) is 70.2 cm³/mol. The van der Waals surface area contributed by atoms with Crippen molar-refractivity contribution in [1.82, 2.24) is 9.55 Å². The molecule has 0 aliphatic carbocycles. The Morgan fingerprint density at radius 1 is 1.06 bits per heavy atom. The molecule has 0 spiro atoms. The highest BCUT2D eigenvalue weighted by molar-refractivity contribution is 5.90. The zero-order valence-electron chi connectivity index (χ0n) is 9.59. The second kappa shape index (κ2) is 3.63. The molecule has 0 bridgehead atoms. The zero-order chi connectivity index (χ0) is 11.8. The third-order valence-electron chi connectivity index (χ3n) is 2.88. The maximum absolute atomic E-state index is 5.92. The van der Waals surface area contributed by atoms with Crippen LogP contribution in [0.5, 0.6) is 0 Å². The summed E-state index contributed by atoms with van der Waals surface area (Å²) in [4.78, 5) is 4.23. The lowest BCUT2D eigenvalue weighted by molar-refractivity contribution is 1.09. The highest BCUT2D eigenvalue weighted by Gasteiger charge is 2.06. The first-order chi connectivity index (χ1) is 8.25. The zero-order valence-corrected chi connectivity index (χ0v) is 9.59. The van der Waals surface area contributed by atoms with Gasteiger partial charge in [-0.15, -0.1) is 0 Å². The monoisotopic (exact) mass is 223 g/mol. The first-order valence-electron chi connectivity index (χ1n) is 5.55. The normalized spacial score (nSPS) is 10.9.